The monoisotopic (exact) mass is 438 g/mol. The highest BCUT2D eigenvalue weighted by atomic mass is 79.9. The normalized spacial score (nSPS) is 12.8. The molecular formula is C17H16BrClN4O3. The Kier molecular flexibility index (Phi) is 5.15. The molecule has 0 aliphatic carbocycles. The molecule has 0 fully saturated rings. The van der Waals surface area contributed by atoms with E-state index in [-0.39, 0.29) is 5.28 Å². The van der Waals surface area contributed by atoms with Crippen molar-refractivity contribution in [3.8, 4) is 0 Å². The van der Waals surface area contributed by atoms with Crippen molar-refractivity contribution in [2.45, 2.75) is 32.4 Å². The summed E-state index contributed by atoms with van der Waals surface area (Å²) in [6, 6.07) is 4.56. The van der Waals surface area contributed by atoms with Gasteiger partial charge in [-0.2, -0.15) is 0 Å². The summed E-state index contributed by atoms with van der Waals surface area (Å²) in [5.74, 6) is 0. The first-order valence-corrected chi connectivity index (χ1v) is 8.92. The van der Waals surface area contributed by atoms with E-state index in [9.17, 15) is 4.79 Å². The number of hydrogen-bond acceptors (Lipinski definition) is 6. The Balaban J connectivity index is 2.08. The fourth-order valence-electron chi connectivity index (χ4n) is 2.38. The lowest BCUT2D eigenvalue weighted by molar-refractivity contribution is 0.0511. The van der Waals surface area contributed by atoms with E-state index in [2.05, 4.69) is 36.2 Å². The first-order chi connectivity index (χ1) is 12.2. The summed E-state index contributed by atoms with van der Waals surface area (Å²) < 4.78 is 11.5. The highest BCUT2D eigenvalue weighted by molar-refractivity contribution is 9.10. The van der Waals surface area contributed by atoms with E-state index in [0.717, 1.165) is 5.56 Å². The van der Waals surface area contributed by atoms with Crippen LogP contribution in [0.4, 0.5) is 4.79 Å². The van der Waals surface area contributed by atoms with Crippen LogP contribution < -0.4 is 5.32 Å². The lowest BCUT2D eigenvalue weighted by Gasteiger charge is -2.23. The minimum Gasteiger partial charge on any atom is -0.446 e. The Morgan fingerprint density at radius 1 is 1.31 bits per heavy atom. The number of alkyl carbamates (subject to hydrolysis) is 1. The van der Waals surface area contributed by atoms with Gasteiger partial charge in [-0.1, -0.05) is 0 Å². The maximum atomic E-state index is 12.4. The largest absolute Gasteiger partial charge is 0.446 e. The van der Waals surface area contributed by atoms with Crippen LogP contribution in [0.2, 0.25) is 5.28 Å². The van der Waals surface area contributed by atoms with Crippen LogP contribution in [0.1, 0.15) is 38.1 Å². The fraction of sp³-hybridized carbons (Fsp3) is 0.294. The van der Waals surface area contributed by atoms with Gasteiger partial charge in [-0.05, 0) is 66.0 Å². The molecule has 0 aliphatic rings. The van der Waals surface area contributed by atoms with Gasteiger partial charge in [0, 0.05) is 18.5 Å². The zero-order valence-corrected chi connectivity index (χ0v) is 16.6. The topological polar surface area (TPSA) is 90.1 Å². The number of halogens is 2. The number of hydrogen-bond donors (Lipinski definition) is 1. The highest BCUT2D eigenvalue weighted by Gasteiger charge is 2.26. The first-order valence-electron chi connectivity index (χ1n) is 7.75. The van der Waals surface area contributed by atoms with Gasteiger partial charge in [-0.3, -0.25) is 4.98 Å². The molecule has 0 bridgehead atoms. The molecule has 1 unspecified atom stereocenters. The van der Waals surface area contributed by atoms with Gasteiger partial charge in [-0.15, -0.1) is 0 Å². The molecule has 1 atom stereocenters. The minimum absolute atomic E-state index is 0.0471. The first kappa shape index (κ1) is 18.6. The predicted molar refractivity (Wildman–Crippen MR) is 100.0 cm³/mol. The van der Waals surface area contributed by atoms with E-state index in [1.807, 2.05) is 0 Å². The molecule has 136 valence electrons. The lowest BCUT2D eigenvalue weighted by atomic mass is 10.0. The number of ether oxygens (including phenoxy) is 1. The van der Waals surface area contributed by atoms with Crippen LogP contribution in [0.25, 0.3) is 11.1 Å². The SMILES string of the molecule is CC(C)(C)OC(=O)NC(c1ccncc1)c1nc(Cl)nc2cc(Br)oc12. The van der Waals surface area contributed by atoms with Crippen LogP contribution >= 0.6 is 27.5 Å². The molecule has 0 saturated heterocycles. The molecule has 3 aromatic rings. The van der Waals surface area contributed by atoms with Gasteiger partial charge in [0.2, 0.25) is 5.28 Å². The highest BCUT2D eigenvalue weighted by Crippen LogP contribution is 2.31. The molecule has 0 saturated carbocycles. The van der Waals surface area contributed by atoms with Crippen LogP contribution in [-0.4, -0.2) is 26.6 Å². The van der Waals surface area contributed by atoms with E-state index >= 15 is 0 Å². The number of nitrogens with zero attached hydrogens (tertiary/aromatic N) is 3. The van der Waals surface area contributed by atoms with Crippen molar-refractivity contribution in [1.82, 2.24) is 20.3 Å². The molecule has 0 aliphatic heterocycles. The Morgan fingerprint density at radius 2 is 2.00 bits per heavy atom. The number of fused-ring (bicyclic) bond motifs is 1. The van der Waals surface area contributed by atoms with Gasteiger partial charge >= 0.3 is 6.09 Å². The number of carbonyl (C=O) groups is 1. The number of furan rings is 1. The molecule has 26 heavy (non-hydrogen) atoms. The van der Waals surface area contributed by atoms with Gasteiger partial charge in [0.25, 0.3) is 0 Å². The molecular weight excluding hydrogens is 424 g/mol. The Bertz CT molecular complexity index is 940. The average Bonchev–Trinajstić information content (AvgIpc) is 2.91. The zero-order chi connectivity index (χ0) is 18.9. The van der Waals surface area contributed by atoms with Crippen LogP contribution in [0.5, 0.6) is 0 Å². The van der Waals surface area contributed by atoms with E-state index < -0.39 is 17.7 Å². The van der Waals surface area contributed by atoms with E-state index in [0.29, 0.717) is 21.5 Å². The molecule has 3 rings (SSSR count). The van der Waals surface area contributed by atoms with Gasteiger partial charge < -0.3 is 14.5 Å². The number of aromatic nitrogens is 3. The van der Waals surface area contributed by atoms with Gasteiger partial charge in [0.1, 0.15) is 22.9 Å². The second-order valence-corrected chi connectivity index (χ2v) is 7.62. The third-order valence-electron chi connectivity index (χ3n) is 3.31. The maximum Gasteiger partial charge on any atom is 0.408 e. The molecule has 0 radical (unpaired) electrons. The van der Waals surface area contributed by atoms with Crippen LogP contribution in [0, 0.1) is 0 Å². The van der Waals surface area contributed by atoms with Crippen molar-refractivity contribution in [2.75, 3.05) is 0 Å². The van der Waals surface area contributed by atoms with Crippen molar-refractivity contribution in [3.05, 3.63) is 51.8 Å². The third-order valence-corrected chi connectivity index (χ3v) is 3.87. The van der Waals surface area contributed by atoms with Gasteiger partial charge in [0.15, 0.2) is 10.3 Å². The minimum atomic E-state index is -0.658. The maximum absolute atomic E-state index is 12.4. The summed E-state index contributed by atoms with van der Waals surface area (Å²) in [5, 5.41) is 2.87. The van der Waals surface area contributed by atoms with Gasteiger partial charge in [0.05, 0.1) is 0 Å². The molecule has 0 aromatic carbocycles. The van der Waals surface area contributed by atoms with Gasteiger partial charge in [-0.25, -0.2) is 14.8 Å². The Morgan fingerprint density at radius 3 is 2.65 bits per heavy atom. The van der Waals surface area contributed by atoms with Crippen molar-refractivity contribution in [2.24, 2.45) is 0 Å². The van der Waals surface area contributed by atoms with E-state index in [1.165, 1.54) is 0 Å². The number of nitrogens with one attached hydrogen (secondary N) is 1. The molecule has 0 spiro atoms. The zero-order valence-electron chi connectivity index (χ0n) is 14.3. The number of rotatable bonds is 3. The summed E-state index contributed by atoms with van der Waals surface area (Å²) in [7, 11) is 0. The number of pyridine rings is 1. The number of amides is 1. The fourth-order valence-corrected chi connectivity index (χ4v) is 2.94. The van der Waals surface area contributed by atoms with Crippen molar-refractivity contribution in [3.63, 3.8) is 0 Å². The summed E-state index contributed by atoms with van der Waals surface area (Å²) >= 11 is 9.35. The van der Waals surface area contributed by atoms with Crippen LogP contribution in [-0.2, 0) is 4.74 Å². The Labute approximate surface area is 163 Å². The predicted octanol–water partition coefficient (Wildman–Crippen LogP) is 4.65. The summed E-state index contributed by atoms with van der Waals surface area (Å²) in [6.07, 6.45) is 2.65. The standard InChI is InChI=1S/C17H16BrClN4O3/c1-17(2,3)26-16(24)23-12(9-4-6-20-7-5-9)13-14-10(8-11(18)25-14)21-15(19)22-13/h4-8,12H,1-3H3,(H,23,24). The second kappa shape index (κ2) is 7.20. The Hall–Kier alpha value is -2.19. The average molecular weight is 440 g/mol. The molecule has 7 nitrogen and oxygen atoms in total. The van der Waals surface area contributed by atoms with Crippen molar-refractivity contribution >= 4 is 44.7 Å². The summed E-state index contributed by atoms with van der Waals surface area (Å²) in [5.41, 5.74) is 1.47. The quantitative estimate of drug-likeness (QED) is 0.598. The van der Waals surface area contributed by atoms with E-state index in [1.54, 1.807) is 51.4 Å². The molecule has 3 heterocycles. The van der Waals surface area contributed by atoms with Crippen LogP contribution in [0.3, 0.4) is 0 Å². The molecule has 3 aromatic heterocycles. The van der Waals surface area contributed by atoms with Crippen molar-refractivity contribution in [1.29, 1.82) is 0 Å². The molecule has 1 N–H and O–H groups in total. The second-order valence-electron chi connectivity index (χ2n) is 6.50. The lowest BCUT2D eigenvalue weighted by Crippen LogP contribution is -2.35. The third kappa shape index (κ3) is 4.31. The number of carbonyl (C=O) groups excluding carboxylic acids is 1. The summed E-state index contributed by atoms with van der Waals surface area (Å²) in [6.45, 7) is 5.37. The summed E-state index contributed by atoms with van der Waals surface area (Å²) in [4.78, 5) is 24.8. The molecule has 1 amide bonds. The van der Waals surface area contributed by atoms with E-state index in [4.69, 9.17) is 20.8 Å². The molecule has 9 heteroatoms. The van der Waals surface area contributed by atoms with Crippen LogP contribution in [0.15, 0.2) is 39.7 Å². The smallest absolute Gasteiger partial charge is 0.408 e. The van der Waals surface area contributed by atoms with Crippen molar-refractivity contribution < 1.29 is 13.9 Å².